The molecule has 0 saturated heterocycles. The fourth-order valence-corrected chi connectivity index (χ4v) is 9.15. The number of ether oxygens (including phenoxy) is 2. The molecule has 2 heterocycles. The van der Waals surface area contributed by atoms with E-state index in [1.165, 1.54) is 77.9 Å². The van der Waals surface area contributed by atoms with Crippen molar-refractivity contribution in [1.29, 1.82) is 0 Å². The average Bonchev–Trinajstić information content (AvgIpc) is 3.18. The second-order valence-electron chi connectivity index (χ2n) is 17.1. The molecular formula is C54H51BO2. The van der Waals surface area contributed by atoms with Crippen LogP contribution in [0.2, 0.25) is 0 Å². The highest BCUT2D eigenvalue weighted by atomic mass is 16.5. The molecule has 0 bridgehead atoms. The molecule has 57 heavy (non-hydrogen) atoms. The molecule has 2 nitrogen and oxygen atoms in total. The van der Waals surface area contributed by atoms with Gasteiger partial charge in [-0.3, -0.25) is 0 Å². The summed E-state index contributed by atoms with van der Waals surface area (Å²) in [5, 5.41) is 0. The number of rotatable bonds is 4. The number of hydrogen-bond acceptors (Lipinski definition) is 2. The Bertz CT molecular complexity index is 2590. The fraction of sp³-hybridized carbons (Fsp3) is 0.222. The first-order valence-electron chi connectivity index (χ1n) is 20.4. The SMILES string of the molecule is Cc1cc(-c2ccc3c(c2)Oc2c(-c4cc(C)c(C)c(C)c4)cc(-c4cc(C)c(C)c(C)c4)c4c2B3c2ccc(-c3cc(C)c(C)c(C)c3)cc2O4)cc(C)c1C. The van der Waals surface area contributed by atoms with Crippen molar-refractivity contribution >= 4 is 23.1 Å². The van der Waals surface area contributed by atoms with Gasteiger partial charge in [0.2, 0.25) is 0 Å². The van der Waals surface area contributed by atoms with E-state index < -0.39 is 0 Å². The predicted octanol–water partition coefficient (Wildman–Crippen LogP) is 12.8. The minimum absolute atomic E-state index is 0.0902. The summed E-state index contributed by atoms with van der Waals surface area (Å²) in [6, 6.07) is 34.6. The maximum absolute atomic E-state index is 7.29. The zero-order valence-electron chi connectivity index (χ0n) is 35.6. The van der Waals surface area contributed by atoms with E-state index in [4.69, 9.17) is 9.47 Å². The molecular weight excluding hydrogens is 691 g/mol. The lowest BCUT2D eigenvalue weighted by Gasteiger charge is -2.36. The molecule has 3 heteroatoms. The molecule has 0 N–H and O–H groups in total. The summed E-state index contributed by atoms with van der Waals surface area (Å²) < 4.78 is 14.6. The summed E-state index contributed by atoms with van der Waals surface area (Å²) in [6.07, 6.45) is 0. The molecule has 7 aromatic rings. The van der Waals surface area contributed by atoms with Crippen molar-refractivity contribution in [3.8, 4) is 67.5 Å². The zero-order chi connectivity index (χ0) is 40.2. The Morgan fingerprint density at radius 3 is 0.930 bits per heavy atom. The first-order chi connectivity index (χ1) is 27.2. The summed E-state index contributed by atoms with van der Waals surface area (Å²) in [7, 11) is 0. The maximum atomic E-state index is 7.29. The Morgan fingerprint density at radius 2 is 0.614 bits per heavy atom. The predicted molar refractivity (Wildman–Crippen MR) is 243 cm³/mol. The molecule has 0 atom stereocenters. The summed E-state index contributed by atoms with van der Waals surface area (Å²) >= 11 is 0. The quantitative estimate of drug-likeness (QED) is 0.167. The van der Waals surface area contributed by atoms with E-state index in [2.05, 4.69) is 174 Å². The van der Waals surface area contributed by atoms with Gasteiger partial charge < -0.3 is 9.47 Å². The van der Waals surface area contributed by atoms with Crippen molar-refractivity contribution in [2.45, 2.75) is 83.1 Å². The van der Waals surface area contributed by atoms with Crippen LogP contribution >= 0.6 is 0 Å². The van der Waals surface area contributed by atoms with Crippen molar-refractivity contribution in [3.05, 3.63) is 158 Å². The highest BCUT2D eigenvalue weighted by Crippen LogP contribution is 2.48. The molecule has 0 amide bonds. The van der Waals surface area contributed by atoms with Crippen LogP contribution in [0.3, 0.4) is 0 Å². The average molecular weight is 743 g/mol. The molecule has 0 unspecified atom stereocenters. The monoisotopic (exact) mass is 742 g/mol. The highest BCUT2D eigenvalue weighted by molar-refractivity contribution is 6.98. The Kier molecular flexibility index (Phi) is 8.66. The first kappa shape index (κ1) is 36.8. The number of benzene rings is 7. The smallest absolute Gasteiger partial charge is 0.260 e. The third-order valence-corrected chi connectivity index (χ3v) is 13.6. The molecule has 0 aromatic heterocycles. The van der Waals surface area contributed by atoms with Gasteiger partial charge in [0.05, 0.1) is 0 Å². The van der Waals surface area contributed by atoms with Gasteiger partial charge in [0.1, 0.15) is 23.0 Å². The summed E-state index contributed by atoms with van der Waals surface area (Å²) in [6.45, 7) is 26.4. The van der Waals surface area contributed by atoms with Gasteiger partial charge in [-0.05, 0) is 212 Å². The molecule has 282 valence electrons. The normalized spacial score (nSPS) is 12.5. The summed E-state index contributed by atoms with van der Waals surface area (Å²) in [5.41, 5.74) is 28.2. The van der Waals surface area contributed by atoms with Crippen LogP contribution in [0.15, 0.2) is 91.0 Å². The van der Waals surface area contributed by atoms with Crippen molar-refractivity contribution in [1.82, 2.24) is 0 Å². The molecule has 0 fully saturated rings. The largest absolute Gasteiger partial charge is 0.458 e. The lowest BCUT2D eigenvalue weighted by atomic mass is 9.34. The van der Waals surface area contributed by atoms with E-state index in [9.17, 15) is 0 Å². The highest BCUT2D eigenvalue weighted by Gasteiger charge is 2.43. The zero-order valence-corrected chi connectivity index (χ0v) is 35.6. The van der Waals surface area contributed by atoms with Crippen molar-refractivity contribution in [2.75, 3.05) is 0 Å². The van der Waals surface area contributed by atoms with Gasteiger partial charge in [-0.15, -0.1) is 0 Å². The van der Waals surface area contributed by atoms with Crippen molar-refractivity contribution < 1.29 is 9.47 Å². The number of fused-ring (bicyclic) bond motifs is 4. The lowest BCUT2D eigenvalue weighted by molar-refractivity contribution is 0.467. The van der Waals surface area contributed by atoms with Gasteiger partial charge in [-0.1, -0.05) is 72.8 Å². The van der Waals surface area contributed by atoms with Crippen LogP contribution in [0.4, 0.5) is 0 Å². The number of hydrogen-bond donors (Lipinski definition) is 0. The Balaban J connectivity index is 1.35. The third-order valence-electron chi connectivity index (χ3n) is 13.6. The maximum Gasteiger partial charge on any atom is 0.260 e. The van der Waals surface area contributed by atoms with Gasteiger partial charge >= 0.3 is 0 Å². The van der Waals surface area contributed by atoms with Crippen LogP contribution in [0.1, 0.15) is 66.8 Å². The van der Waals surface area contributed by atoms with Crippen LogP contribution < -0.4 is 25.9 Å². The molecule has 0 radical (unpaired) electrons. The second kappa shape index (κ2) is 13.4. The van der Waals surface area contributed by atoms with Gasteiger partial charge in [-0.2, -0.15) is 0 Å². The second-order valence-corrected chi connectivity index (χ2v) is 17.1. The molecule has 9 rings (SSSR count). The summed E-state index contributed by atoms with van der Waals surface area (Å²) in [4.78, 5) is 0. The van der Waals surface area contributed by atoms with Gasteiger partial charge in [-0.25, -0.2) is 0 Å². The number of aryl methyl sites for hydroxylation is 8. The molecule has 7 aromatic carbocycles. The molecule has 0 spiro atoms. The van der Waals surface area contributed by atoms with Crippen molar-refractivity contribution in [2.24, 2.45) is 0 Å². The van der Waals surface area contributed by atoms with E-state index >= 15 is 0 Å². The van der Waals surface area contributed by atoms with Gasteiger partial charge in [0.15, 0.2) is 0 Å². The van der Waals surface area contributed by atoms with Gasteiger partial charge in [0, 0.05) is 16.6 Å². The Labute approximate surface area is 339 Å². The van der Waals surface area contributed by atoms with Crippen LogP contribution in [0.5, 0.6) is 23.0 Å². The van der Waals surface area contributed by atoms with Crippen LogP contribution in [0, 0.1) is 83.1 Å². The topological polar surface area (TPSA) is 18.5 Å². The Morgan fingerprint density at radius 1 is 0.316 bits per heavy atom. The standard InChI is InChI=1S/C54H51BO2/c1-28-17-42(18-29(2)36(28)9)40-13-15-48-50(25-40)56-53-46(44-21-32(5)38(11)33(6)22-44)27-47(45-23-34(7)39(12)35(8)24-45)54-52(53)55(48)49-16-14-41(26-51(49)57-54)43-19-30(3)37(10)31(4)20-43/h13-27H,1-12H3. The summed E-state index contributed by atoms with van der Waals surface area (Å²) in [5.74, 6) is 3.54. The van der Waals surface area contributed by atoms with E-state index in [1.807, 2.05) is 0 Å². The van der Waals surface area contributed by atoms with Crippen molar-refractivity contribution in [3.63, 3.8) is 0 Å². The Hall–Kier alpha value is -5.80. The van der Waals surface area contributed by atoms with Crippen LogP contribution in [-0.4, -0.2) is 6.71 Å². The third kappa shape index (κ3) is 5.93. The molecule has 0 saturated carbocycles. The fourth-order valence-electron chi connectivity index (χ4n) is 9.15. The molecule has 2 aliphatic rings. The van der Waals surface area contributed by atoms with Gasteiger partial charge in [0.25, 0.3) is 6.71 Å². The van der Waals surface area contributed by atoms with E-state index in [0.29, 0.717) is 0 Å². The van der Waals surface area contributed by atoms with E-state index in [0.717, 1.165) is 72.8 Å². The van der Waals surface area contributed by atoms with E-state index in [-0.39, 0.29) is 6.71 Å². The molecule has 2 aliphatic heterocycles. The lowest BCUT2D eigenvalue weighted by Crippen LogP contribution is -2.57. The molecule has 0 aliphatic carbocycles. The minimum atomic E-state index is -0.0902. The van der Waals surface area contributed by atoms with Crippen LogP contribution in [0.25, 0.3) is 44.5 Å². The first-order valence-corrected chi connectivity index (χ1v) is 20.4. The van der Waals surface area contributed by atoms with Crippen LogP contribution in [-0.2, 0) is 0 Å². The van der Waals surface area contributed by atoms with E-state index in [1.54, 1.807) is 0 Å². The minimum Gasteiger partial charge on any atom is -0.458 e.